The van der Waals surface area contributed by atoms with Gasteiger partial charge in [0.05, 0.1) is 0 Å². The first-order chi connectivity index (χ1) is 12.2. The van der Waals surface area contributed by atoms with Crippen molar-refractivity contribution in [2.75, 3.05) is 23.8 Å². The molecule has 0 saturated carbocycles. The lowest BCUT2D eigenvalue weighted by atomic mass is 10.2. The van der Waals surface area contributed by atoms with E-state index in [-0.39, 0.29) is 0 Å². The molecule has 0 atom stereocenters. The number of aryl methyl sites for hydroxylation is 2. The van der Waals surface area contributed by atoms with Crippen LogP contribution in [0.5, 0.6) is 11.5 Å². The van der Waals surface area contributed by atoms with Crippen LogP contribution in [-0.2, 0) is 0 Å². The minimum atomic E-state index is 0.438. The maximum Gasteiger partial charge on any atom is 0.230 e. The first-order valence-electron chi connectivity index (χ1n) is 7.88. The highest BCUT2D eigenvalue weighted by Gasteiger charge is 2.12. The number of hydrogen-bond acceptors (Lipinski definition) is 8. The quantitative estimate of drug-likeness (QED) is 0.747. The van der Waals surface area contributed by atoms with E-state index in [4.69, 9.17) is 14.0 Å². The molecule has 0 amide bonds. The molecule has 1 aliphatic heterocycles. The van der Waals surface area contributed by atoms with Crippen LogP contribution in [0.3, 0.4) is 0 Å². The molecule has 3 heterocycles. The predicted octanol–water partition coefficient (Wildman–Crippen LogP) is 3.34. The van der Waals surface area contributed by atoms with Gasteiger partial charge in [0, 0.05) is 29.6 Å². The Balaban J connectivity index is 1.56. The highest BCUT2D eigenvalue weighted by molar-refractivity contribution is 5.63. The monoisotopic (exact) mass is 339 g/mol. The molecule has 2 N–H and O–H groups in total. The number of rotatable bonds is 4. The van der Waals surface area contributed by atoms with E-state index >= 15 is 0 Å². The molecule has 4 rings (SSSR count). The van der Waals surface area contributed by atoms with E-state index in [0.29, 0.717) is 36.6 Å². The zero-order chi connectivity index (χ0) is 17.2. The molecule has 0 saturated heterocycles. The number of fused-ring (bicyclic) bond motifs is 1. The molecule has 3 aromatic rings. The van der Waals surface area contributed by atoms with Crippen molar-refractivity contribution in [3.8, 4) is 11.5 Å². The summed E-state index contributed by atoms with van der Waals surface area (Å²) in [6.07, 6.45) is 0. The zero-order valence-corrected chi connectivity index (χ0v) is 13.9. The van der Waals surface area contributed by atoms with E-state index in [1.165, 1.54) is 0 Å². The summed E-state index contributed by atoms with van der Waals surface area (Å²) in [6.45, 7) is 4.84. The fourth-order valence-corrected chi connectivity index (χ4v) is 2.50. The smallest absolute Gasteiger partial charge is 0.230 e. The lowest BCUT2D eigenvalue weighted by molar-refractivity contribution is 0.171. The molecule has 1 aromatic carbocycles. The summed E-state index contributed by atoms with van der Waals surface area (Å²) in [5.41, 5.74) is 1.67. The number of nitrogens with zero attached hydrogens (tertiary/aromatic N) is 3. The molecule has 0 spiro atoms. The van der Waals surface area contributed by atoms with E-state index < -0.39 is 0 Å². The van der Waals surface area contributed by atoms with Crippen molar-refractivity contribution in [2.45, 2.75) is 13.8 Å². The second kappa shape index (κ2) is 6.31. The summed E-state index contributed by atoms with van der Waals surface area (Å²) < 4.78 is 16.2. The van der Waals surface area contributed by atoms with Gasteiger partial charge in [-0.2, -0.15) is 4.98 Å². The summed E-state index contributed by atoms with van der Waals surface area (Å²) in [4.78, 5) is 8.82. The third-order valence-corrected chi connectivity index (χ3v) is 3.54. The molecule has 2 aromatic heterocycles. The molecule has 0 bridgehead atoms. The van der Waals surface area contributed by atoms with E-state index in [0.717, 1.165) is 22.9 Å². The van der Waals surface area contributed by atoms with Crippen molar-refractivity contribution in [3.63, 3.8) is 0 Å². The number of anilines is 4. The Kier molecular flexibility index (Phi) is 3.85. The Bertz CT molecular complexity index is 909. The molecular formula is C17H17N5O3. The van der Waals surface area contributed by atoms with E-state index in [1.54, 1.807) is 6.07 Å². The molecule has 8 nitrogen and oxygen atoms in total. The van der Waals surface area contributed by atoms with E-state index in [1.807, 2.05) is 38.1 Å². The van der Waals surface area contributed by atoms with Gasteiger partial charge < -0.3 is 24.6 Å². The highest BCUT2D eigenvalue weighted by atomic mass is 16.6. The average Bonchev–Trinajstić information content (AvgIpc) is 2.99. The Morgan fingerprint density at radius 1 is 0.880 bits per heavy atom. The largest absolute Gasteiger partial charge is 0.486 e. The van der Waals surface area contributed by atoms with Crippen molar-refractivity contribution in [2.24, 2.45) is 0 Å². The lowest BCUT2D eigenvalue weighted by Gasteiger charge is -2.19. The minimum Gasteiger partial charge on any atom is -0.486 e. The number of hydrogen-bond donors (Lipinski definition) is 2. The number of ether oxygens (including phenoxy) is 2. The summed E-state index contributed by atoms with van der Waals surface area (Å²) in [5, 5.41) is 10.2. The van der Waals surface area contributed by atoms with Crippen LogP contribution in [0.1, 0.15) is 11.5 Å². The first kappa shape index (κ1) is 15.3. The van der Waals surface area contributed by atoms with Crippen molar-refractivity contribution < 1.29 is 14.0 Å². The van der Waals surface area contributed by atoms with Gasteiger partial charge in [-0.15, -0.1) is 0 Å². The maximum atomic E-state index is 5.60. The second-order valence-corrected chi connectivity index (χ2v) is 5.65. The second-order valence-electron chi connectivity index (χ2n) is 5.65. The van der Waals surface area contributed by atoms with Gasteiger partial charge in [0.1, 0.15) is 24.8 Å². The predicted molar refractivity (Wildman–Crippen MR) is 92.0 cm³/mol. The molecule has 8 heteroatoms. The van der Waals surface area contributed by atoms with Gasteiger partial charge in [0.25, 0.3) is 0 Å². The Morgan fingerprint density at radius 2 is 1.72 bits per heavy atom. The molecule has 25 heavy (non-hydrogen) atoms. The topological polar surface area (TPSA) is 94.3 Å². The number of benzene rings is 1. The number of nitrogens with one attached hydrogen (secondary N) is 2. The van der Waals surface area contributed by atoms with Crippen molar-refractivity contribution >= 4 is 23.3 Å². The third kappa shape index (κ3) is 3.47. The molecule has 0 unspecified atom stereocenters. The Labute approximate surface area is 144 Å². The van der Waals surface area contributed by atoms with Gasteiger partial charge in [-0.1, -0.05) is 5.16 Å². The van der Waals surface area contributed by atoms with Crippen LogP contribution in [0, 0.1) is 13.8 Å². The fourth-order valence-electron chi connectivity index (χ4n) is 2.50. The molecular weight excluding hydrogens is 322 g/mol. The summed E-state index contributed by atoms with van der Waals surface area (Å²) >= 11 is 0. The first-order valence-corrected chi connectivity index (χ1v) is 7.88. The summed E-state index contributed by atoms with van der Waals surface area (Å²) in [5.74, 6) is 3.84. The van der Waals surface area contributed by atoms with Gasteiger partial charge in [-0.05, 0) is 26.0 Å². The van der Waals surface area contributed by atoms with Crippen LogP contribution in [0.4, 0.5) is 23.3 Å². The summed E-state index contributed by atoms with van der Waals surface area (Å²) in [6, 6.07) is 9.32. The SMILES string of the molecule is Cc1cc(Nc2ccc3c(c2)OCCO3)nc(Nc2cc(C)on2)n1. The minimum absolute atomic E-state index is 0.438. The van der Waals surface area contributed by atoms with E-state index in [2.05, 4.69) is 25.8 Å². The molecule has 0 aliphatic carbocycles. The Hall–Kier alpha value is -3.29. The third-order valence-electron chi connectivity index (χ3n) is 3.54. The fraction of sp³-hybridized carbons (Fsp3) is 0.235. The van der Waals surface area contributed by atoms with Crippen LogP contribution in [0.25, 0.3) is 0 Å². The number of aromatic nitrogens is 3. The van der Waals surface area contributed by atoms with Crippen molar-refractivity contribution in [1.29, 1.82) is 0 Å². The zero-order valence-electron chi connectivity index (χ0n) is 13.9. The molecule has 128 valence electrons. The van der Waals surface area contributed by atoms with Gasteiger partial charge in [0.2, 0.25) is 5.95 Å². The van der Waals surface area contributed by atoms with Crippen molar-refractivity contribution in [1.82, 2.24) is 15.1 Å². The standard InChI is InChI=1S/C17H17N5O3/c1-10-7-15(20-17(18-10)21-16-8-11(2)25-22-16)19-12-3-4-13-14(9-12)24-6-5-23-13/h3-4,7-9H,5-6H2,1-2H3,(H2,18,19,20,21,22). The molecule has 1 aliphatic rings. The normalized spacial score (nSPS) is 12.7. The molecule has 0 fully saturated rings. The van der Waals surface area contributed by atoms with Crippen LogP contribution in [0.2, 0.25) is 0 Å². The van der Waals surface area contributed by atoms with E-state index in [9.17, 15) is 0 Å². The van der Waals surface area contributed by atoms with Crippen molar-refractivity contribution in [3.05, 3.63) is 41.8 Å². The van der Waals surface area contributed by atoms with Crippen LogP contribution in [-0.4, -0.2) is 28.3 Å². The van der Waals surface area contributed by atoms with Crippen LogP contribution in [0.15, 0.2) is 34.9 Å². The Morgan fingerprint density at radius 3 is 2.52 bits per heavy atom. The average molecular weight is 339 g/mol. The van der Waals surface area contributed by atoms with Gasteiger partial charge in [-0.25, -0.2) is 4.98 Å². The van der Waals surface area contributed by atoms with Gasteiger partial charge in [-0.3, -0.25) is 0 Å². The molecule has 0 radical (unpaired) electrons. The maximum absolute atomic E-state index is 5.60. The van der Waals surface area contributed by atoms with Crippen LogP contribution >= 0.6 is 0 Å². The summed E-state index contributed by atoms with van der Waals surface area (Å²) in [7, 11) is 0. The lowest BCUT2D eigenvalue weighted by Crippen LogP contribution is -2.15. The highest BCUT2D eigenvalue weighted by Crippen LogP contribution is 2.33. The van der Waals surface area contributed by atoms with Crippen LogP contribution < -0.4 is 20.1 Å². The van der Waals surface area contributed by atoms with Gasteiger partial charge in [0.15, 0.2) is 17.3 Å². The van der Waals surface area contributed by atoms with Gasteiger partial charge >= 0.3 is 0 Å².